The van der Waals surface area contributed by atoms with Gasteiger partial charge in [-0.05, 0) is 36.8 Å². The van der Waals surface area contributed by atoms with Crippen LogP contribution in [-0.4, -0.2) is 12.6 Å². The van der Waals surface area contributed by atoms with Crippen molar-refractivity contribution in [2.24, 2.45) is 0 Å². The summed E-state index contributed by atoms with van der Waals surface area (Å²) in [6.45, 7) is 2.21. The highest BCUT2D eigenvalue weighted by atomic mass is 79.9. The molecule has 0 aromatic heterocycles. The van der Waals surface area contributed by atoms with Crippen molar-refractivity contribution >= 4 is 33.7 Å². The lowest BCUT2D eigenvalue weighted by Crippen LogP contribution is -2.13. The number of carbonyl (C=O) groups is 1. The average Bonchev–Trinajstić information content (AvgIpc) is 2.47. The molecule has 0 spiro atoms. The predicted octanol–water partition coefficient (Wildman–Crippen LogP) is 4.85. The van der Waals surface area contributed by atoms with Gasteiger partial charge in [-0.3, -0.25) is 4.79 Å². The first-order valence-corrected chi connectivity index (χ1v) is 8.01. The summed E-state index contributed by atoms with van der Waals surface area (Å²) in [5, 5.41) is -0.342. The summed E-state index contributed by atoms with van der Waals surface area (Å²) in [5.41, 5.74) is 0.945. The van der Waals surface area contributed by atoms with E-state index in [1.165, 1.54) is 11.8 Å². The molecule has 0 heterocycles. The molecule has 0 aliphatic heterocycles. The Morgan fingerprint density at radius 2 is 1.80 bits per heavy atom. The van der Waals surface area contributed by atoms with E-state index in [2.05, 4.69) is 15.9 Å². The van der Waals surface area contributed by atoms with Crippen LogP contribution in [-0.2, 0) is 9.53 Å². The third-order valence-electron chi connectivity index (χ3n) is 2.67. The topological polar surface area (TPSA) is 26.3 Å². The van der Waals surface area contributed by atoms with Crippen molar-refractivity contribution in [3.8, 4) is 0 Å². The van der Waals surface area contributed by atoms with Crippen LogP contribution in [0.3, 0.4) is 0 Å². The molecule has 0 saturated heterocycles. The zero-order valence-electron chi connectivity index (χ0n) is 11.1. The first-order chi connectivity index (χ1) is 9.70. The van der Waals surface area contributed by atoms with E-state index in [1.54, 1.807) is 0 Å². The summed E-state index contributed by atoms with van der Waals surface area (Å²) in [7, 11) is 0. The van der Waals surface area contributed by atoms with Crippen LogP contribution in [0.2, 0.25) is 0 Å². The van der Waals surface area contributed by atoms with Crippen LogP contribution in [0.25, 0.3) is 0 Å². The fraction of sp³-hybridized carbons (Fsp3) is 0.188. The first-order valence-electron chi connectivity index (χ1n) is 6.34. The Morgan fingerprint density at radius 1 is 1.15 bits per heavy atom. The van der Waals surface area contributed by atoms with E-state index < -0.39 is 0 Å². The van der Waals surface area contributed by atoms with Crippen molar-refractivity contribution in [3.05, 3.63) is 64.6 Å². The van der Waals surface area contributed by atoms with Crippen LogP contribution < -0.4 is 0 Å². The molecular weight excluding hydrogens is 336 g/mol. The lowest BCUT2D eigenvalue weighted by Gasteiger charge is -2.15. The van der Waals surface area contributed by atoms with Gasteiger partial charge in [0.1, 0.15) is 5.25 Å². The molecule has 0 fully saturated rings. The second-order valence-electron chi connectivity index (χ2n) is 4.11. The monoisotopic (exact) mass is 350 g/mol. The summed E-state index contributed by atoms with van der Waals surface area (Å²) < 4.78 is 6.18. The minimum Gasteiger partial charge on any atom is -0.465 e. The maximum atomic E-state index is 12.2. The molecule has 104 valence electrons. The number of esters is 1. The van der Waals surface area contributed by atoms with Gasteiger partial charge >= 0.3 is 5.97 Å². The average molecular weight is 351 g/mol. The highest BCUT2D eigenvalue weighted by molar-refractivity contribution is 9.10. The maximum Gasteiger partial charge on any atom is 0.323 e. The molecule has 0 N–H and O–H groups in total. The molecule has 1 atom stereocenters. The van der Waals surface area contributed by atoms with Crippen LogP contribution in [0.15, 0.2) is 64.0 Å². The minimum absolute atomic E-state index is 0.205. The number of ether oxygens (including phenoxy) is 1. The molecule has 0 radical (unpaired) electrons. The normalized spacial score (nSPS) is 11.9. The van der Waals surface area contributed by atoms with Crippen molar-refractivity contribution < 1.29 is 9.53 Å². The maximum absolute atomic E-state index is 12.2. The number of benzene rings is 2. The summed E-state index contributed by atoms with van der Waals surface area (Å²) in [6.07, 6.45) is 0. The third kappa shape index (κ3) is 4.12. The fourth-order valence-electron chi connectivity index (χ4n) is 1.74. The van der Waals surface area contributed by atoms with Crippen molar-refractivity contribution in [1.82, 2.24) is 0 Å². The number of rotatable bonds is 5. The lowest BCUT2D eigenvalue weighted by atomic mass is 10.1. The number of carbonyl (C=O) groups excluding carboxylic acids is 1. The molecule has 0 bridgehead atoms. The van der Waals surface area contributed by atoms with Gasteiger partial charge in [0.05, 0.1) is 6.61 Å². The quantitative estimate of drug-likeness (QED) is 0.569. The van der Waals surface area contributed by atoms with Crippen LogP contribution in [0.1, 0.15) is 17.7 Å². The standard InChI is InChI=1S/C16H15BrO2S/c1-2-19-16(18)15(12-8-10-13(17)11-9-12)20-14-6-4-3-5-7-14/h3-11,15H,2H2,1H3. The fourth-order valence-corrected chi connectivity index (χ4v) is 3.05. The molecule has 0 aliphatic rings. The van der Waals surface area contributed by atoms with Gasteiger partial charge in [0.2, 0.25) is 0 Å². The molecule has 2 aromatic carbocycles. The van der Waals surface area contributed by atoms with Gasteiger partial charge < -0.3 is 4.74 Å². The van der Waals surface area contributed by atoms with Crippen LogP contribution in [0.4, 0.5) is 0 Å². The summed E-state index contributed by atoms with van der Waals surface area (Å²) in [6, 6.07) is 17.6. The molecule has 2 nitrogen and oxygen atoms in total. The van der Waals surface area contributed by atoms with E-state index in [4.69, 9.17) is 4.74 Å². The minimum atomic E-state index is -0.342. The smallest absolute Gasteiger partial charge is 0.323 e. The van der Waals surface area contributed by atoms with Gasteiger partial charge in [0, 0.05) is 9.37 Å². The Morgan fingerprint density at radius 3 is 2.40 bits per heavy atom. The van der Waals surface area contributed by atoms with Crippen LogP contribution in [0.5, 0.6) is 0 Å². The van der Waals surface area contributed by atoms with Crippen LogP contribution in [0, 0.1) is 0 Å². The summed E-state index contributed by atoms with van der Waals surface area (Å²) in [4.78, 5) is 13.2. The molecule has 0 saturated carbocycles. The Hall–Kier alpha value is -1.26. The zero-order valence-corrected chi connectivity index (χ0v) is 13.5. The molecule has 2 rings (SSSR count). The van der Waals surface area contributed by atoms with Gasteiger partial charge in [-0.1, -0.05) is 46.3 Å². The molecule has 20 heavy (non-hydrogen) atoms. The van der Waals surface area contributed by atoms with Crippen molar-refractivity contribution in [1.29, 1.82) is 0 Å². The number of hydrogen-bond donors (Lipinski definition) is 0. The highest BCUT2D eigenvalue weighted by Crippen LogP contribution is 2.36. The van der Waals surface area contributed by atoms with Gasteiger partial charge in [0.25, 0.3) is 0 Å². The predicted molar refractivity (Wildman–Crippen MR) is 85.8 cm³/mol. The van der Waals surface area contributed by atoms with Gasteiger partial charge in [-0.2, -0.15) is 0 Å². The van der Waals surface area contributed by atoms with Gasteiger partial charge in [0.15, 0.2) is 0 Å². The van der Waals surface area contributed by atoms with Crippen molar-refractivity contribution in [2.45, 2.75) is 17.1 Å². The molecular formula is C16H15BrO2S. The van der Waals surface area contributed by atoms with Gasteiger partial charge in [-0.25, -0.2) is 0 Å². The number of thioether (sulfide) groups is 1. The largest absolute Gasteiger partial charge is 0.465 e. The summed E-state index contributed by atoms with van der Waals surface area (Å²) >= 11 is 4.91. The SMILES string of the molecule is CCOC(=O)C(Sc1ccccc1)c1ccc(Br)cc1. The van der Waals surface area contributed by atoms with Crippen molar-refractivity contribution in [2.75, 3.05) is 6.61 Å². The Kier molecular flexibility index (Phi) is 5.68. The van der Waals surface area contributed by atoms with E-state index in [-0.39, 0.29) is 11.2 Å². The molecule has 2 aromatic rings. The van der Waals surface area contributed by atoms with E-state index in [9.17, 15) is 4.79 Å². The number of halogens is 1. The number of hydrogen-bond acceptors (Lipinski definition) is 3. The van der Waals surface area contributed by atoms with E-state index in [0.29, 0.717) is 6.61 Å². The Bertz CT molecular complexity index is 554. The Labute approximate surface area is 131 Å². The van der Waals surface area contributed by atoms with Gasteiger partial charge in [-0.15, -0.1) is 11.8 Å². The second kappa shape index (κ2) is 7.50. The van der Waals surface area contributed by atoms with Crippen molar-refractivity contribution in [3.63, 3.8) is 0 Å². The molecule has 0 aliphatic carbocycles. The molecule has 1 unspecified atom stereocenters. The lowest BCUT2D eigenvalue weighted by molar-refractivity contribution is -0.142. The molecule has 4 heteroatoms. The first kappa shape index (κ1) is 15.1. The Balaban J connectivity index is 2.25. The van der Waals surface area contributed by atoms with E-state index >= 15 is 0 Å². The van der Waals surface area contributed by atoms with Crippen LogP contribution >= 0.6 is 27.7 Å². The second-order valence-corrected chi connectivity index (χ2v) is 6.21. The molecule has 0 amide bonds. The summed E-state index contributed by atoms with van der Waals surface area (Å²) in [5.74, 6) is -0.205. The third-order valence-corrected chi connectivity index (χ3v) is 4.44. The zero-order chi connectivity index (χ0) is 14.4. The van der Waals surface area contributed by atoms with E-state index in [0.717, 1.165) is 14.9 Å². The highest BCUT2D eigenvalue weighted by Gasteiger charge is 2.23. The van der Waals surface area contributed by atoms with E-state index in [1.807, 2.05) is 61.5 Å².